The highest BCUT2D eigenvalue weighted by Crippen LogP contribution is 2.43. The third kappa shape index (κ3) is 58.7. The summed E-state index contributed by atoms with van der Waals surface area (Å²) in [5.74, 6) is -0.137. The van der Waals surface area contributed by atoms with E-state index in [0.29, 0.717) is 23.9 Å². The van der Waals surface area contributed by atoms with E-state index in [2.05, 4.69) is 43.5 Å². The van der Waals surface area contributed by atoms with Crippen LogP contribution in [0.2, 0.25) is 0 Å². The van der Waals surface area contributed by atoms with Gasteiger partial charge < -0.3 is 19.8 Å². The molecule has 0 spiro atoms. The summed E-state index contributed by atoms with van der Waals surface area (Å²) < 4.78 is 23.9. The smallest absolute Gasteiger partial charge is 0.391 e. The lowest BCUT2D eigenvalue weighted by Gasteiger charge is -2.26. The summed E-state index contributed by atoms with van der Waals surface area (Å²) in [6.45, 7) is 4.93. The van der Waals surface area contributed by atoms with Crippen LogP contribution in [0.25, 0.3) is 0 Å². The first kappa shape index (κ1) is 73.0. The molecule has 440 valence electrons. The molecular formula is C65H130N2O6P+. The highest BCUT2D eigenvalue weighted by Gasteiger charge is 2.28. The van der Waals surface area contributed by atoms with Crippen LogP contribution in [0.4, 0.5) is 0 Å². The van der Waals surface area contributed by atoms with Crippen LogP contribution in [-0.4, -0.2) is 73.4 Å². The average Bonchev–Trinajstić information content (AvgIpc) is 3.36. The molecule has 9 heteroatoms. The van der Waals surface area contributed by atoms with Gasteiger partial charge in [0.05, 0.1) is 39.9 Å². The lowest BCUT2D eigenvalue weighted by molar-refractivity contribution is -0.870. The highest BCUT2D eigenvalue weighted by molar-refractivity contribution is 7.47. The normalized spacial score (nSPS) is 13.9. The van der Waals surface area contributed by atoms with Crippen molar-refractivity contribution in [3.05, 3.63) is 24.3 Å². The second-order valence-electron chi connectivity index (χ2n) is 23.9. The molecule has 3 atom stereocenters. The lowest BCUT2D eigenvalue weighted by Crippen LogP contribution is -2.46. The van der Waals surface area contributed by atoms with Gasteiger partial charge >= 0.3 is 7.82 Å². The topological polar surface area (TPSA) is 105 Å². The molecule has 1 amide bonds. The fraction of sp³-hybridized carbons (Fsp3) is 0.923. The van der Waals surface area contributed by atoms with Crippen molar-refractivity contribution in [1.82, 2.24) is 5.32 Å². The number of aliphatic hydroxyl groups is 1. The first-order chi connectivity index (χ1) is 36.0. The Morgan fingerprint density at radius 3 is 1.11 bits per heavy atom. The summed E-state index contributed by atoms with van der Waals surface area (Å²) in [6.07, 6.45) is 72.6. The van der Waals surface area contributed by atoms with Crippen molar-refractivity contribution < 1.29 is 32.9 Å². The van der Waals surface area contributed by atoms with Gasteiger partial charge in [0.1, 0.15) is 13.2 Å². The molecule has 3 unspecified atom stereocenters. The van der Waals surface area contributed by atoms with Crippen LogP contribution in [0, 0.1) is 0 Å². The van der Waals surface area contributed by atoms with E-state index in [1.54, 1.807) is 0 Å². The average molecular weight is 1070 g/mol. The van der Waals surface area contributed by atoms with Crippen molar-refractivity contribution in [1.29, 1.82) is 0 Å². The molecule has 0 aliphatic carbocycles. The Balaban J connectivity index is 4.05. The minimum atomic E-state index is -4.33. The molecule has 0 saturated heterocycles. The Kier molecular flexibility index (Phi) is 55.9. The largest absolute Gasteiger partial charge is 0.472 e. The van der Waals surface area contributed by atoms with Crippen LogP contribution >= 0.6 is 7.82 Å². The fourth-order valence-electron chi connectivity index (χ4n) is 10.1. The number of allylic oxidation sites excluding steroid dienone is 4. The minimum absolute atomic E-state index is 0.0772. The number of rotatable bonds is 61. The number of phosphoric acid groups is 1. The zero-order chi connectivity index (χ0) is 54.2. The predicted molar refractivity (Wildman–Crippen MR) is 323 cm³/mol. The SMILES string of the molecule is CCCCCCC/C=C\C/C=C\CCCCCCCCCCCCCCCCCCCC(=O)NC(COP(=O)(O)OCC[N+](C)(C)C)C(O)CCCCCCCCCCCCCCCCCCCCCCCCC. The van der Waals surface area contributed by atoms with E-state index in [1.807, 2.05) is 21.1 Å². The molecule has 0 rings (SSSR count). The van der Waals surface area contributed by atoms with Gasteiger partial charge in [0.15, 0.2) is 0 Å². The number of nitrogens with zero attached hydrogens (tertiary/aromatic N) is 1. The Labute approximate surface area is 462 Å². The molecular weight excluding hydrogens is 936 g/mol. The van der Waals surface area contributed by atoms with Gasteiger partial charge in [0, 0.05) is 6.42 Å². The number of unbranched alkanes of at least 4 members (excludes halogenated alkanes) is 44. The number of carbonyl (C=O) groups excluding carboxylic acids is 1. The summed E-state index contributed by atoms with van der Waals surface area (Å²) in [5.41, 5.74) is 0. The molecule has 8 nitrogen and oxygen atoms in total. The summed E-state index contributed by atoms with van der Waals surface area (Å²) in [6, 6.07) is -0.759. The number of carbonyl (C=O) groups is 1. The number of hydrogen-bond donors (Lipinski definition) is 3. The molecule has 0 aromatic carbocycles. The van der Waals surface area contributed by atoms with E-state index < -0.39 is 20.0 Å². The Hall–Kier alpha value is -1.02. The van der Waals surface area contributed by atoms with Crippen molar-refractivity contribution >= 4 is 13.7 Å². The molecule has 0 aromatic heterocycles. The summed E-state index contributed by atoms with van der Waals surface area (Å²) in [7, 11) is 1.63. The number of amides is 1. The monoisotopic (exact) mass is 1070 g/mol. The number of nitrogens with one attached hydrogen (secondary N) is 1. The van der Waals surface area contributed by atoms with Gasteiger partial charge in [0.2, 0.25) is 5.91 Å². The van der Waals surface area contributed by atoms with Crippen molar-refractivity contribution in [2.24, 2.45) is 0 Å². The van der Waals surface area contributed by atoms with Crippen molar-refractivity contribution in [2.45, 2.75) is 347 Å². The molecule has 0 heterocycles. The number of aliphatic hydroxyl groups excluding tert-OH is 1. The highest BCUT2D eigenvalue weighted by atomic mass is 31.2. The van der Waals surface area contributed by atoms with Gasteiger partial charge in [-0.1, -0.05) is 308 Å². The number of hydrogen-bond acceptors (Lipinski definition) is 5. The second-order valence-corrected chi connectivity index (χ2v) is 25.3. The van der Waals surface area contributed by atoms with Gasteiger partial charge in [0.25, 0.3) is 0 Å². The molecule has 0 radical (unpaired) electrons. The third-order valence-corrected chi connectivity index (χ3v) is 16.2. The first-order valence-corrected chi connectivity index (χ1v) is 34.2. The van der Waals surface area contributed by atoms with E-state index in [9.17, 15) is 19.4 Å². The fourth-order valence-corrected chi connectivity index (χ4v) is 10.8. The van der Waals surface area contributed by atoms with E-state index in [-0.39, 0.29) is 19.1 Å². The van der Waals surface area contributed by atoms with Crippen molar-refractivity contribution in [3.63, 3.8) is 0 Å². The van der Waals surface area contributed by atoms with Crippen LogP contribution in [0.1, 0.15) is 335 Å². The molecule has 0 aliphatic rings. The van der Waals surface area contributed by atoms with E-state index in [1.165, 1.54) is 263 Å². The van der Waals surface area contributed by atoms with Crippen molar-refractivity contribution in [3.8, 4) is 0 Å². The molecule has 74 heavy (non-hydrogen) atoms. The van der Waals surface area contributed by atoms with Crippen LogP contribution in [0.15, 0.2) is 24.3 Å². The molecule has 0 bridgehead atoms. The van der Waals surface area contributed by atoms with Gasteiger partial charge in [-0.15, -0.1) is 0 Å². The van der Waals surface area contributed by atoms with Crippen LogP contribution in [0.3, 0.4) is 0 Å². The second kappa shape index (κ2) is 56.7. The Morgan fingerprint density at radius 2 is 0.770 bits per heavy atom. The Bertz CT molecular complexity index is 1260. The zero-order valence-electron chi connectivity index (χ0n) is 50.4. The zero-order valence-corrected chi connectivity index (χ0v) is 51.3. The van der Waals surface area contributed by atoms with E-state index in [4.69, 9.17) is 9.05 Å². The lowest BCUT2D eigenvalue weighted by atomic mass is 10.0. The molecule has 3 N–H and O–H groups in total. The summed E-state index contributed by atoms with van der Waals surface area (Å²) in [4.78, 5) is 23.4. The van der Waals surface area contributed by atoms with Gasteiger partial charge in [-0.05, 0) is 44.9 Å². The summed E-state index contributed by atoms with van der Waals surface area (Å²) >= 11 is 0. The standard InChI is InChI=1S/C65H129N2O6P/c1-6-8-10-12-14-16-18-20-22-24-26-28-30-31-32-33-34-35-37-39-41-43-45-47-49-51-53-55-57-59-65(69)66-63(62-73-74(70,71)72-61-60-67(3,4)5)64(68)58-56-54-52-50-48-46-44-42-40-38-36-29-27-25-23-21-19-17-15-13-11-9-7-2/h18,20,24,26,63-64,68H,6-17,19,21-23,25,27-62H2,1-5H3,(H-,66,69,70,71)/p+1/b20-18-,26-24-. The molecule has 0 aliphatic heterocycles. The van der Waals surface area contributed by atoms with Crippen LogP contribution in [0.5, 0.6) is 0 Å². The first-order valence-electron chi connectivity index (χ1n) is 32.7. The van der Waals surface area contributed by atoms with Gasteiger partial charge in [-0.2, -0.15) is 0 Å². The quantitative estimate of drug-likeness (QED) is 0.0243. The number of phosphoric ester groups is 1. The molecule has 0 fully saturated rings. The van der Waals surface area contributed by atoms with E-state index >= 15 is 0 Å². The van der Waals surface area contributed by atoms with Crippen LogP contribution in [-0.2, 0) is 18.4 Å². The molecule has 0 saturated carbocycles. The maximum atomic E-state index is 13.0. The van der Waals surface area contributed by atoms with E-state index in [0.717, 1.165) is 44.9 Å². The Morgan fingerprint density at radius 1 is 0.459 bits per heavy atom. The molecule has 0 aromatic rings. The van der Waals surface area contributed by atoms with Crippen molar-refractivity contribution in [2.75, 3.05) is 40.9 Å². The maximum absolute atomic E-state index is 13.0. The predicted octanol–water partition coefficient (Wildman–Crippen LogP) is 20.3. The third-order valence-electron chi connectivity index (χ3n) is 15.2. The number of likely N-dealkylation sites (N-methyl/N-ethyl adjacent to an activating group) is 1. The minimum Gasteiger partial charge on any atom is -0.391 e. The number of quaternary nitrogens is 1. The summed E-state index contributed by atoms with van der Waals surface area (Å²) in [5, 5.41) is 14.1. The maximum Gasteiger partial charge on any atom is 0.472 e. The van der Waals surface area contributed by atoms with Crippen LogP contribution < -0.4 is 5.32 Å². The van der Waals surface area contributed by atoms with Gasteiger partial charge in [-0.25, -0.2) is 4.57 Å². The van der Waals surface area contributed by atoms with Gasteiger partial charge in [-0.3, -0.25) is 13.8 Å².